The first-order chi connectivity index (χ1) is 16.7. The number of fused-ring (bicyclic) bond motifs is 1. The van der Waals surface area contributed by atoms with Crippen molar-refractivity contribution in [3.8, 4) is 22.6 Å². The van der Waals surface area contributed by atoms with Gasteiger partial charge in [0.25, 0.3) is 5.91 Å². The van der Waals surface area contributed by atoms with Crippen LogP contribution in [0.5, 0.6) is 11.5 Å². The fourth-order valence-electron chi connectivity index (χ4n) is 3.61. The lowest BCUT2D eigenvalue weighted by atomic mass is 10.0. The summed E-state index contributed by atoms with van der Waals surface area (Å²) >= 11 is 18.8. The second kappa shape index (κ2) is 10.2. The molecule has 1 amide bonds. The average Bonchev–Trinajstić information content (AvgIpc) is 2.86. The summed E-state index contributed by atoms with van der Waals surface area (Å²) in [5, 5.41) is 4.46. The van der Waals surface area contributed by atoms with Crippen LogP contribution in [0.3, 0.4) is 0 Å². The zero-order chi connectivity index (χ0) is 25.3. The fourth-order valence-corrected chi connectivity index (χ4v) is 4.43. The van der Waals surface area contributed by atoms with E-state index in [1.165, 1.54) is 7.11 Å². The molecule has 1 heterocycles. The molecular formula is C26H20Cl3NO5. The second-order valence-electron chi connectivity index (χ2n) is 7.76. The van der Waals surface area contributed by atoms with Crippen molar-refractivity contribution < 1.29 is 18.7 Å². The molecule has 0 bridgehead atoms. The summed E-state index contributed by atoms with van der Waals surface area (Å²) in [7, 11) is 1.48. The van der Waals surface area contributed by atoms with Crippen molar-refractivity contribution in [2.45, 2.75) is 13.8 Å². The molecule has 3 aromatic carbocycles. The molecule has 0 radical (unpaired) electrons. The molecule has 0 aliphatic carbocycles. The van der Waals surface area contributed by atoms with Gasteiger partial charge in [-0.05, 0) is 49.2 Å². The number of methoxy groups -OCH3 is 1. The minimum atomic E-state index is -0.491. The molecular weight excluding hydrogens is 513 g/mol. The Morgan fingerprint density at radius 1 is 0.943 bits per heavy atom. The maximum atomic E-state index is 12.6. The highest BCUT2D eigenvalue weighted by Gasteiger charge is 2.19. The molecule has 0 fully saturated rings. The van der Waals surface area contributed by atoms with Gasteiger partial charge in [0.2, 0.25) is 0 Å². The Kier molecular flexibility index (Phi) is 7.26. The standard InChI is InChI=1S/C26H20Cl3NO5/c1-13-22(27)14(2)24(29)25(23(13)28)34-12-21(31)30-16-8-9-17(20(11-16)33-3)18-10-15-6-4-5-7-19(15)35-26(18)32/h4-11H,12H2,1-3H3,(H,30,31). The van der Waals surface area contributed by atoms with Crippen molar-refractivity contribution in [2.24, 2.45) is 0 Å². The zero-order valence-corrected chi connectivity index (χ0v) is 21.3. The van der Waals surface area contributed by atoms with Crippen LogP contribution in [0.1, 0.15) is 11.1 Å². The number of benzene rings is 3. The molecule has 35 heavy (non-hydrogen) atoms. The first kappa shape index (κ1) is 24.9. The summed E-state index contributed by atoms with van der Waals surface area (Å²) in [6.45, 7) is 3.15. The Morgan fingerprint density at radius 2 is 1.63 bits per heavy atom. The Labute approximate surface area is 216 Å². The van der Waals surface area contributed by atoms with Gasteiger partial charge in [0, 0.05) is 27.7 Å². The number of rotatable bonds is 6. The van der Waals surface area contributed by atoms with E-state index < -0.39 is 11.5 Å². The zero-order valence-electron chi connectivity index (χ0n) is 19.0. The van der Waals surface area contributed by atoms with Gasteiger partial charge in [-0.3, -0.25) is 4.79 Å². The van der Waals surface area contributed by atoms with E-state index in [1.54, 1.807) is 50.2 Å². The second-order valence-corrected chi connectivity index (χ2v) is 8.89. The van der Waals surface area contributed by atoms with E-state index in [0.717, 1.165) is 5.39 Å². The molecule has 0 unspecified atom stereocenters. The summed E-state index contributed by atoms with van der Waals surface area (Å²) in [5.74, 6) is 0.141. The number of para-hydroxylation sites is 1. The fraction of sp³-hybridized carbons (Fsp3) is 0.154. The lowest BCUT2D eigenvalue weighted by Crippen LogP contribution is -2.20. The molecule has 0 atom stereocenters. The maximum absolute atomic E-state index is 12.6. The number of anilines is 1. The molecule has 4 rings (SSSR count). The van der Waals surface area contributed by atoms with E-state index in [4.69, 9.17) is 48.7 Å². The minimum absolute atomic E-state index is 0.193. The predicted molar refractivity (Wildman–Crippen MR) is 140 cm³/mol. The number of amides is 1. The number of hydrogen-bond donors (Lipinski definition) is 1. The van der Waals surface area contributed by atoms with Crippen LogP contribution in [-0.4, -0.2) is 19.6 Å². The Bertz CT molecular complexity index is 1480. The number of nitrogens with one attached hydrogen (secondary N) is 1. The van der Waals surface area contributed by atoms with Gasteiger partial charge < -0.3 is 19.2 Å². The highest BCUT2D eigenvalue weighted by atomic mass is 35.5. The van der Waals surface area contributed by atoms with Gasteiger partial charge in [0.15, 0.2) is 12.4 Å². The molecule has 4 aromatic rings. The quantitative estimate of drug-likeness (QED) is 0.269. The molecule has 0 spiro atoms. The molecule has 0 saturated carbocycles. The van der Waals surface area contributed by atoms with Crippen LogP contribution in [0.25, 0.3) is 22.1 Å². The summed E-state index contributed by atoms with van der Waals surface area (Å²) in [4.78, 5) is 25.1. The number of hydrogen-bond acceptors (Lipinski definition) is 5. The number of carbonyl (C=O) groups is 1. The van der Waals surface area contributed by atoms with E-state index >= 15 is 0 Å². The van der Waals surface area contributed by atoms with Crippen molar-refractivity contribution in [1.82, 2.24) is 0 Å². The van der Waals surface area contributed by atoms with E-state index in [0.29, 0.717) is 44.3 Å². The smallest absolute Gasteiger partial charge is 0.344 e. The van der Waals surface area contributed by atoms with Gasteiger partial charge in [-0.2, -0.15) is 0 Å². The normalized spacial score (nSPS) is 10.9. The molecule has 0 aliphatic rings. The minimum Gasteiger partial charge on any atom is -0.496 e. The predicted octanol–water partition coefficient (Wildman–Crippen LogP) is 7.06. The van der Waals surface area contributed by atoms with Crippen molar-refractivity contribution in [3.05, 3.63) is 85.1 Å². The Morgan fingerprint density at radius 3 is 2.31 bits per heavy atom. The van der Waals surface area contributed by atoms with Crippen LogP contribution >= 0.6 is 34.8 Å². The first-order valence-corrected chi connectivity index (χ1v) is 11.6. The third-order valence-corrected chi connectivity index (χ3v) is 6.96. The topological polar surface area (TPSA) is 77.8 Å². The lowest BCUT2D eigenvalue weighted by Gasteiger charge is -2.16. The highest BCUT2D eigenvalue weighted by Crippen LogP contribution is 2.42. The summed E-state index contributed by atoms with van der Waals surface area (Å²) in [5.41, 5.74) is 2.56. The van der Waals surface area contributed by atoms with Crippen molar-refractivity contribution in [2.75, 3.05) is 19.0 Å². The van der Waals surface area contributed by atoms with Crippen LogP contribution < -0.4 is 20.4 Å². The van der Waals surface area contributed by atoms with Crippen LogP contribution in [0.4, 0.5) is 5.69 Å². The van der Waals surface area contributed by atoms with Gasteiger partial charge >= 0.3 is 5.63 Å². The van der Waals surface area contributed by atoms with Gasteiger partial charge in [0.1, 0.15) is 11.3 Å². The summed E-state index contributed by atoms with van der Waals surface area (Å²) < 4.78 is 16.5. The van der Waals surface area contributed by atoms with Gasteiger partial charge in [-0.1, -0.05) is 53.0 Å². The Hall–Kier alpha value is -3.19. The Balaban J connectivity index is 1.54. The molecule has 180 valence electrons. The van der Waals surface area contributed by atoms with E-state index in [2.05, 4.69) is 5.32 Å². The summed E-state index contributed by atoms with van der Waals surface area (Å²) in [6.07, 6.45) is 0. The molecule has 1 aromatic heterocycles. The largest absolute Gasteiger partial charge is 0.496 e. The number of halogens is 3. The maximum Gasteiger partial charge on any atom is 0.344 e. The molecule has 1 N–H and O–H groups in total. The van der Waals surface area contributed by atoms with Crippen LogP contribution in [0.15, 0.2) is 57.7 Å². The van der Waals surface area contributed by atoms with Gasteiger partial charge in [-0.15, -0.1) is 0 Å². The van der Waals surface area contributed by atoms with Crippen LogP contribution in [0, 0.1) is 13.8 Å². The average molecular weight is 533 g/mol. The lowest BCUT2D eigenvalue weighted by molar-refractivity contribution is -0.118. The van der Waals surface area contributed by atoms with E-state index in [1.807, 2.05) is 12.1 Å². The van der Waals surface area contributed by atoms with E-state index in [-0.39, 0.29) is 22.4 Å². The van der Waals surface area contributed by atoms with Crippen molar-refractivity contribution in [3.63, 3.8) is 0 Å². The van der Waals surface area contributed by atoms with Crippen LogP contribution in [0.2, 0.25) is 15.1 Å². The van der Waals surface area contributed by atoms with Gasteiger partial charge in [0.05, 0.1) is 22.7 Å². The molecule has 9 heteroatoms. The molecule has 6 nitrogen and oxygen atoms in total. The third kappa shape index (κ3) is 4.96. The van der Waals surface area contributed by atoms with Crippen molar-refractivity contribution >= 4 is 57.4 Å². The first-order valence-electron chi connectivity index (χ1n) is 10.5. The van der Waals surface area contributed by atoms with E-state index in [9.17, 15) is 9.59 Å². The number of ether oxygens (including phenoxy) is 2. The number of carbonyl (C=O) groups excluding carboxylic acids is 1. The third-order valence-electron chi connectivity index (χ3n) is 5.48. The SMILES string of the molecule is COc1cc(NC(=O)COc2c(Cl)c(C)c(Cl)c(C)c2Cl)ccc1-c1cc2ccccc2oc1=O. The summed E-state index contributed by atoms with van der Waals surface area (Å²) in [6, 6.07) is 13.9. The van der Waals surface area contributed by atoms with Crippen molar-refractivity contribution in [1.29, 1.82) is 0 Å². The monoisotopic (exact) mass is 531 g/mol. The highest BCUT2D eigenvalue weighted by molar-refractivity contribution is 6.42. The molecule has 0 saturated heterocycles. The van der Waals surface area contributed by atoms with Gasteiger partial charge in [-0.25, -0.2) is 4.79 Å². The van der Waals surface area contributed by atoms with Crippen LogP contribution in [-0.2, 0) is 4.79 Å². The molecule has 0 aliphatic heterocycles.